The first-order valence-corrected chi connectivity index (χ1v) is 3.51. The van der Waals surface area contributed by atoms with Crippen molar-refractivity contribution in [2.75, 3.05) is 5.83 Å². The molecule has 0 rings (SSSR count). The van der Waals surface area contributed by atoms with Crippen molar-refractivity contribution < 1.29 is 31.1 Å². The molecule has 0 fully saturated rings. The summed E-state index contributed by atoms with van der Waals surface area (Å²) in [6.45, 7) is 0. The van der Waals surface area contributed by atoms with Gasteiger partial charge in [-0.2, -0.15) is 4.74 Å². The molecule has 0 atom stereocenters. The summed E-state index contributed by atoms with van der Waals surface area (Å²) in [6, 6.07) is 0. The lowest BCUT2D eigenvalue weighted by molar-refractivity contribution is -0.463. The van der Waals surface area contributed by atoms with E-state index in [0.717, 1.165) is 0 Å². The smallest absolute Gasteiger partial charge is 0.196 e. The second-order valence-electron chi connectivity index (χ2n) is 0.994. The second kappa shape index (κ2) is 4.81. The van der Waals surface area contributed by atoms with Crippen molar-refractivity contribution in [2.45, 2.75) is 12.7 Å². The first-order valence-electron chi connectivity index (χ1n) is 1.92. The van der Waals surface area contributed by atoms with E-state index in [0.29, 0.717) is 0 Å². The average Bonchev–Trinajstić information content (AvgIpc) is 1.60. The van der Waals surface area contributed by atoms with Gasteiger partial charge in [0.1, 0.15) is 0 Å². The average molecular weight is 249 g/mol. The molecule has 0 saturated heterocycles. The van der Waals surface area contributed by atoms with Gasteiger partial charge in [-0.3, -0.25) is 0 Å². The van der Waals surface area contributed by atoms with Crippen LogP contribution in [0, 0.1) is 0 Å². The lowest BCUT2D eigenvalue weighted by Crippen LogP contribution is -2.25. The lowest BCUT2D eigenvalue weighted by atomic mass is 11.2. The molecule has 0 aromatic carbocycles. The molecule has 0 heterocycles. The molecule has 11 heavy (non-hydrogen) atoms. The fraction of sp³-hybridized carbons (Fsp3) is 1.00. The van der Waals surface area contributed by atoms with E-state index in [1.54, 1.807) is 4.74 Å². The Labute approximate surface area is 66.4 Å². The van der Waals surface area contributed by atoms with Crippen molar-refractivity contribution in [3.05, 3.63) is 0 Å². The minimum absolute atomic E-state index is 1.62. The third kappa shape index (κ3) is 17.8. The van der Waals surface area contributed by atoms with Gasteiger partial charge in [0.2, 0.25) is 0 Å². The zero-order valence-corrected chi connectivity index (χ0v) is 6.64. The highest BCUT2D eigenvalue weighted by molar-refractivity contribution is 9.08. The van der Waals surface area contributed by atoms with Crippen molar-refractivity contribution >= 4 is 15.9 Å². The van der Waals surface area contributed by atoms with Gasteiger partial charge in [-0.05, 0) is 5.83 Å². The predicted octanol–water partition coefficient (Wildman–Crippen LogP) is 3.05. The van der Waals surface area contributed by atoms with E-state index in [1.807, 2.05) is 5.83 Å². The van der Waals surface area contributed by atoms with Crippen LogP contribution in [0.2, 0.25) is 0 Å². The fourth-order valence-corrected chi connectivity index (χ4v) is 0.131. The Bertz CT molecular complexity index is 83.0. The minimum atomic E-state index is -5.64. The van der Waals surface area contributed by atoms with Gasteiger partial charge < -0.3 is 0 Å². The lowest BCUT2D eigenvalue weighted by Gasteiger charge is -2.08. The number of rotatable bonds is 0. The monoisotopic (exact) mass is 248 g/mol. The largest absolute Gasteiger partial charge is 0.529 e. The molecule has 0 bridgehead atoms. The van der Waals surface area contributed by atoms with E-state index in [9.17, 15) is 26.3 Å². The number of hydrogen-bond donors (Lipinski definition) is 0. The van der Waals surface area contributed by atoms with Crippen LogP contribution >= 0.6 is 15.9 Å². The molecule has 0 N–H and O–H groups in total. The van der Waals surface area contributed by atoms with Crippen molar-refractivity contribution in [3.63, 3.8) is 0 Å². The summed E-state index contributed by atoms with van der Waals surface area (Å²) in [5.74, 6) is 1.81. The Morgan fingerprint density at radius 1 is 0.818 bits per heavy atom. The highest BCUT2D eigenvalue weighted by Gasteiger charge is 2.45. The molecule has 0 aliphatic rings. The Kier molecular flexibility index (Phi) is 5.95. The van der Waals surface area contributed by atoms with E-state index >= 15 is 0 Å². The molecular weight excluding hydrogens is 246 g/mol. The van der Waals surface area contributed by atoms with Crippen molar-refractivity contribution in [3.8, 4) is 0 Å². The van der Waals surface area contributed by atoms with E-state index in [4.69, 9.17) is 0 Å². The molecule has 0 unspecified atom stereocenters. The molecule has 0 aliphatic carbocycles. The molecule has 0 spiro atoms. The standard InChI is InChI=1S/C2F6O.CH3Br/c3-1(4,5)9-2(6,7)8;1-2/h;1H3. The summed E-state index contributed by atoms with van der Waals surface area (Å²) in [5.41, 5.74) is 0. The van der Waals surface area contributed by atoms with Crippen LogP contribution in [-0.4, -0.2) is 18.6 Å². The van der Waals surface area contributed by atoms with Gasteiger partial charge in [0.25, 0.3) is 0 Å². The summed E-state index contributed by atoms with van der Waals surface area (Å²) in [4.78, 5) is 0. The summed E-state index contributed by atoms with van der Waals surface area (Å²) in [6.07, 6.45) is -11.3. The highest BCUT2D eigenvalue weighted by Crippen LogP contribution is 2.28. The maximum absolute atomic E-state index is 10.6. The normalized spacial score (nSPS) is 12.0. The van der Waals surface area contributed by atoms with Gasteiger partial charge in [-0.1, -0.05) is 15.9 Å². The summed E-state index contributed by atoms with van der Waals surface area (Å²) < 4.78 is 65.3. The Balaban J connectivity index is 0. The second-order valence-corrected chi connectivity index (χ2v) is 0.994. The molecule has 0 amide bonds. The van der Waals surface area contributed by atoms with Crippen molar-refractivity contribution in [2.24, 2.45) is 0 Å². The Morgan fingerprint density at radius 3 is 1.00 bits per heavy atom. The minimum Gasteiger partial charge on any atom is -0.196 e. The van der Waals surface area contributed by atoms with Crippen LogP contribution in [0.1, 0.15) is 0 Å². The Morgan fingerprint density at radius 2 is 1.00 bits per heavy atom. The molecule has 0 aromatic heterocycles. The molecular formula is C3H3BrF6O. The third-order valence-corrected chi connectivity index (χ3v) is 0.231. The SMILES string of the molecule is CBr.FC(F)(F)OC(F)(F)F. The van der Waals surface area contributed by atoms with Gasteiger partial charge in [-0.25, -0.2) is 0 Å². The van der Waals surface area contributed by atoms with Crippen molar-refractivity contribution in [1.82, 2.24) is 0 Å². The van der Waals surface area contributed by atoms with Gasteiger partial charge in [-0.15, -0.1) is 26.3 Å². The highest BCUT2D eigenvalue weighted by atomic mass is 79.9. The Hall–Kier alpha value is 0.0200. The fourth-order valence-electron chi connectivity index (χ4n) is 0.131. The number of alkyl halides is 7. The third-order valence-electron chi connectivity index (χ3n) is 0.231. The van der Waals surface area contributed by atoms with Gasteiger partial charge >= 0.3 is 12.7 Å². The van der Waals surface area contributed by atoms with E-state index in [-0.39, 0.29) is 0 Å². The van der Waals surface area contributed by atoms with E-state index in [2.05, 4.69) is 15.9 Å². The van der Waals surface area contributed by atoms with E-state index in [1.165, 1.54) is 0 Å². The van der Waals surface area contributed by atoms with Crippen LogP contribution < -0.4 is 0 Å². The van der Waals surface area contributed by atoms with Crippen LogP contribution in [0.4, 0.5) is 26.3 Å². The van der Waals surface area contributed by atoms with Gasteiger partial charge in [0, 0.05) is 0 Å². The zero-order chi connectivity index (χ0) is 9.71. The predicted molar refractivity (Wildman–Crippen MR) is 28.0 cm³/mol. The first kappa shape index (κ1) is 13.6. The number of ether oxygens (including phenoxy) is 1. The summed E-state index contributed by atoms with van der Waals surface area (Å²) in [5, 5.41) is 0. The molecule has 0 radical (unpaired) electrons. The zero-order valence-electron chi connectivity index (χ0n) is 5.05. The number of hydrogen-bond acceptors (Lipinski definition) is 1. The topological polar surface area (TPSA) is 9.23 Å². The molecule has 70 valence electrons. The van der Waals surface area contributed by atoms with Crippen LogP contribution in [0.5, 0.6) is 0 Å². The van der Waals surface area contributed by atoms with Crippen LogP contribution in [-0.2, 0) is 4.74 Å². The van der Waals surface area contributed by atoms with Crippen LogP contribution in [0.3, 0.4) is 0 Å². The molecule has 0 saturated carbocycles. The van der Waals surface area contributed by atoms with Crippen molar-refractivity contribution in [1.29, 1.82) is 0 Å². The molecule has 1 nitrogen and oxygen atoms in total. The maximum atomic E-state index is 10.6. The molecule has 0 aliphatic heterocycles. The molecule has 8 heteroatoms. The first-order chi connectivity index (χ1) is 4.71. The van der Waals surface area contributed by atoms with E-state index < -0.39 is 12.7 Å². The van der Waals surface area contributed by atoms with Gasteiger partial charge in [0.05, 0.1) is 0 Å². The number of halogens is 7. The maximum Gasteiger partial charge on any atom is 0.529 e. The summed E-state index contributed by atoms with van der Waals surface area (Å²) >= 11 is 2.94. The molecule has 0 aromatic rings. The quantitative estimate of drug-likeness (QED) is 0.473. The van der Waals surface area contributed by atoms with Crippen LogP contribution in [0.25, 0.3) is 0 Å². The van der Waals surface area contributed by atoms with Crippen LogP contribution in [0.15, 0.2) is 0 Å². The van der Waals surface area contributed by atoms with Gasteiger partial charge in [0.15, 0.2) is 0 Å². The summed E-state index contributed by atoms with van der Waals surface area (Å²) in [7, 11) is 0.